The van der Waals surface area contributed by atoms with Gasteiger partial charge in [-0.25, -0.2) is 14.4 Å². The molecule has 2 aromatic rings. The van der Waals surface area contributed by atoms with E-state index in [2.05, 4.69) is 15.3 Å². The first kappa shape index (κ1) is 15.1. The SMILES string of the molecule is Cc1ncc(C(=O)NCc2ccc(F)c(CO)c2)c(C)n1. The number of benzene rings is 1. The second-order valence-corrected chi connectivity index (χ2v) is 4.68. The number of aliphatic hydroxyl groups excluding tert-OH is 1. The number of hydrogen-bond acceptors (Lipinski definition) is 4. The number of carbonyl (C=O) groups is 1. The van der Waals surface area contributed by atoms with Crippen LogP contribution in [-0.4, -0.2) is 21.0 Å². The van der Waals surface area contributed by atoms with Gasteiger partial charge < -0.3 is 10.4 Å². The summed E-state index contributed by atoms with van der Waals surface area (Å²) in [4.78, 5) is 20.2. The third kappa shape index (κ3) is 3.61. The lowest BCUT2D eigenvalue weighted by Gasteiger charge is -2.08. The molecule has 6 heteroatoms. The fourth-order valence-electron chi connectivity index (χ4n) is 1.94. The van der Waals surface area contributed by atoms with Gasteiger partial charge in [-0.1, -0.05) is 6.07 Å². The number of halogens is 1. The molecule has 21 heavy (non-hydrogen) atoms. The van der Waals surface area contributed by atoms with Gasteiger partial charge in [0.1, 0.15) is 11.6 Å². The average molecular weight is 289 g/mol. The Bertz CT molecular complexity index is 674. The number of nitrogens with zero attached hydrogens (tertiary/aromatic N) is 2. The Morgan fingerprint density at radius 1 is 1.38 bits per heavy atom. The Morgan fingerprint density at radius 2 is 2.14 bits per heavy atom. The van der Waals surface area contributed by atoms with Crippen LogP contribution >= 0.6 is 0 Å². The maximum absolute atomic E-state index is 13.3. The summed E-state index contributed by atoms with van der Waals surface area (Å²) in [6.07, 6.45) is 1.48. The maximum atomic E-state index is 13.3. The first-order valence-electron chi connectivity index (χ1n) is 6.48. The second-order valence-electron chi connectivity index (χ2n) is 4.68. The van der Waals surface area contributed by atoms with Gasteiger partial charge >= 0.3 is 0 Å². The monoisotopic (exact) mass is 289 g/mol. The zero-order chi connectivity index (χ0) is 15.4. The lowest BCUT2D eigenvalue weighted by atomic mass is 10.1. The highest BCUT2D eigenvalue weighted by atomic mass is 19.1. The van der Waals surface area contributed by atoms with E-state index in [1.807, 2.05) is 0 Å². The highest BCUT2D eigenvalue weighted by molar-refractivity contribution is 5.94. The Hall–Kier alpha value is -2.34. The lowest BCUT2D eigenvalue weighted by Crippen LogP contribution is -2.24. The Labute approximate surface area is 121 Å². The predicted octanol–water partition coefficient (Wildman–Crippen LogP) is 1.65. The fourth-order valence-corrected chi connectivity index (χ4v) is 1.94. The molecule has 1 amide bonds. The van der Waals surface area contributed by atoms with Crippen molar-refractivity contribution in [2.45, 2.75) is 27.0 Å². The molecule has 0 atom stereocenters. The summed E-state index contributed by atoms with van der Waals surface area (Å²) in [6, 6.07) is 4.36. The van der Waals surface area contributed by atoms with Gasteiger partial charge in [0.2, 0.25) is 0 Å². The number of aryl methyl sites for hydroxylation is 2. The first-order valence-corrected chi connectivity index (χ1v) is 6.48. The minimum absolute atomic E-state index is 0.205. The molecule has 0 aliphatic heterocycles. The summed E-state index contributed by atoms with van der Waals surface area (Å²) in [5.74, 6) is -0.145. The van der Waals surface area contributed by atoms with Crippen molar-refractivity contribution in [3.8, 4) is 0 Å². The normalized spacial score (nSPS) is 10.5. The zero-order valence-corrected chi connectivity index (χ0v) is 11.9. The standard InChI is InChI=1S/C15H16FN3O2/c1-9-13(7-17-10(2)19-9)15(21)18-6-11-3-4-14(16)12(5-11)8-20/h3-5,7,20H,6,8H2,1-2H3,(H,18,21). The van der Waals surface area contributed by atoms with Crippen molar-refractivity contribution in [3.05, 3.63) is 58.4 Å². The zero-order valence-electron chi connectivity index (χ0n) is 11.9. The number of aliphatic hydroxyl groups is 1. The Kier molecular flexibility index (Phi) is 4.59. The van der Waals surface area contributed by atoms with Crippen LogP contribution in [0.5, 0.6) is 0 Å². The summed E-state index contributed by atoms with van der Waals surface area (Å²) in [5, 5.41) is 11.7. The molecule has 1 aromatic carbocycles. The third-order valence-electron chi connectivity index (χ3n) is 3.08. The summed E-state index contributed by atoms with van der Waals surface area (Å²) in [5.41, 5.74) is 1.93. The van der Waals surface area contributed by atoms with E-state index in [-0.39, 0.29) is 24.6 Å². The molecule has 0 fully saturated rings. The van der Waals surface area contributed by atoms with E-state index in [1.165, 1.54) is 18.3 Å². The van der Waals surface area contributed by atoms with Crippen LogP contribution in [0.15, 0.2) is 24.4 Å². The van der Waals surface area contributed by atoms with Gasteiger partial charge in [-0.3, -0.25) is 4.79 Å². The molecule has 110 valence electrons. The van der Waals surface area contributed by atoms with Crippen LogP contribution < -0.4 is 5.32 Å². The fraction of sp³-hybridized carbons (Fsp3) is 0.267. The van der Waals surface area contributed by atoms with Crippen molar-refractivity contribution in [3.63, 3.8) is 0 Å². The van der Waals surface area contributed by atoms with Crippen molar-refractivity contribution < 1.29 is 14.3 Å². The molecule has 0 bridgehead atoms. The van der Waals surface area contributed by atoms with Crippen LogP contribution in [-0.2, 0) is 13.2 Å². The molecular formula is C15H16FN3O2. The van der Waals surface area contributed by atoms with Crippen molar-refractivity contribution in [2.75, 3.05) is 0 Å². The molecule has 2 N–H and O–H groups in total. The maximum Gasteiger partial charge on any atom is 0.254 e. The van der Waals surface area contributed by atoms with Crippen molar-refractivity contribution >= 4 is 5.91 Å². The quantitative estimate of drug-likeness (QED) is 0.897. The van der Waals surface area contributed by atoms with Gasteiger partial charge in [0.15, 0.2) is 0 Å². The summed E-state index contributed by atoms with van der Waals surface area (Å²) >= 11 is 0. The van der Waals surface area contributed by atoms with Crippen molar-refractivity contribution in [1.29, 1.82) is 0 Å². The van der Waals surface area contributed by atoms with Crippen LogP contribution in [0.4, 0.5) is 4.39 Å². The number of rotatable bonds is 4. The summed E-state index contributed by atoms with van der Waals surface area (Å²) in [7, 11) is 0. The van der Waals surface area contributed by atoms with E-state index < -0.39 is 5.82 Å². The van der Waals surface area contributed by atoms with Crippen molar-refractivity contribution in [1.82, 2.24) is 15.3 Å². The van der Waals surface area contributed by atoms with E-state index in [1.54, 1.807) is 19.9 Å². The number of aromatic nitrogens is 2. The minimum atomic E-state index is -0.463. The van der Waals surface area contributed by atoms with Gasteiger partial charge in [-0.2, -0.15) is 0 Å². The molecule has 1 heterocycles. The van der Waals surface area contributed by atoms with E-state index in [9.17, 15) is 9.18 Å². The van der Waals surface area contributed by atoms with E-state index in [0.29, 0.717) is 22.6 Å². The molecule has 0 aliphatic carbocycles. The Morgan fingerprint density at radius 3 is 2.81 bits per heavy atom. The van der Waals surface area contributed by atoms with Crippen LogP contribution in [0, 0.1) is 19.7 Å². The van der Waals surface area contributed by atoms with Gasteiger partial charge in [0, 0.05) is 18.3 Å². The van der Waals surface area contributed by atoms with Crippen LogP contribution in [0.2, 0.25) is 0 Å². The van der Waals surface area contributed by atoms with Crippen LogP contribution in [0.3, 0.4) is 0 Å². The van der Waals surface area contributed by atoms with E-state index in [4.69, 9.17) is 5.11 Å². The number of carbonyl (C=O) groups excluding carboxylic acids is 1. The molecule has 0 aliphatic rings. The highest BCUT2D eigenvalue weighted by Gasteiger charge is 2.11. The smallest absolute Gasteiger partial charge is 0.254 e. The van der Waals surface area contributed by atoms with Gasteiger partial charge in [0.05, 0.1) is 17.9 Å². The van der Waals surface area contributed by atoms with Crippen molar-refractivity contribution in [2.24, 2.45) is 0 Å². The summed E-state index contributed by atoms with van der Waals surface area (Å²) < 4.78 is 13.3. The largest absolute Gasteiger partial charge is 0.392 e. The van der Waals surface area contributed by atoms with Gasteiger partial charge in [0.25, 0.3) is 5.91 Å². The molecule has 0 spiro atoms. The summed E-state index contributed by atoms with van der Waals surface area (Å²) in [6.45, 7) is 3.35. The van der Waals surface area contributed by atoms with Gasteiger partial charge in [-0.05, 0) is 31.5 Å². The minimum Gasteiger partial charge on any atom is -0.392 e. The van der Waals surface area contributed by atoms with Crippen LogP contribution in [0.25, 0.3) is 0 Å². The molecule has 1 aromatic heterocycles. The number of amides is 1. The molecule has 0 saturated carbocycles. The average Bonchev–Trinajstić information content (AvgIpc) is 2.46. The highest BCUT2D eigenvalue weighted by Crippen LogP contribution is 2.11. The van der Waals surface area contributed by atoms with Crippen LogP contribution in [0.1, 0.15) is 33.0 Å². The van der Waals surface area contributed by atoms with E-state index >= 15 is 0 Å². The Balaban J connectivity index is 2.07. The van der Waals surface area contributed by atoms with E-state index in [0.717, 1.165) is 0 Å². The number of hydrogen-bond donors (Lipinski definition) is 2. The topological polar surface area (TPSA) is 75.1 Å². The molecule has 0 unspecified atom stereocenters. The molecule has 0 radical (unpaired) electrons. The third-order valence-corrected chi connectivity index (χ3v) is 3.08. The molecule has 0 saturated heterocycles. The molecular weight excluding hydrogens is 273 g/mol. The number of nitrogens with one attached hydrogen (secondary N) is 1. The predicted molar refractivity (Wildman–Crippen MR) is 75.0 cm³/mol. The second kappa shape index (κ2) is 6.41. The van der Waals surface area contributed by atoms with Gasteiger partial charge in [-0.15, -0.1) is 0 Å². The molecule has 5 nitrogen and oxygen atoms in total. The molecule has 2 rings (SSSR count). The lowest BCUT2D eigenvalue weighted by molar-refractivity contribution is 0.0949. The first-order chi connectivity index (χ1) is 10.0.